The number of halogens is 1. The van der Waals surface area contributed by atoms with Crippen molar-refractivity contribution in [1.29, 1.82) is 0 Å². The van der Waals surface area contributed by atoms with Crippen LogP contribution in [0.2, 0.25) is 5.02 Å². The summed E-state index contributed by atoms with van der Waals surface area (Å²) in [6.45, 7) is 6.21. The molecule has 2 aromatic rings. The fraction of sp³-hybridized carbons (Fsp3) is 0.235. The Balaban J connectivity index is 2.50. The summed E-state index contributed by atoms with van der Waals surface area (Å²) in [6, 6.07) is 9.66. The van der Waals surface area contributed by atoms with Crippen molar-refractivity contribution in [3.05, 3.63) is 62.7 Å². The summed E-state index contributed by atoms with van der Waals surface area (Å²) in [5.74, 6) is -1.34. The van der Waals surface area contributed by atoms with E-state index >= 15 is 0 Å². The van der Waals surface area contributed by atoms with Crippen molar-refractivity contribution in [2.45, 2.75) is 26.2 Å². The zero-order chi connectivity index (χ0) is 18.1. The Hall–Kier alpha value is -2.60. The van der Waals surface area contributed by atoms with Crippen LogP contribution in [0.25, 0.3) is 0 Å². The third-order valence-electron chi connectivity index (χ3n) is 3.56. The minimum Gasteiger partial charge on any atom is -0.478 e. The summed E-state index contributed by atoms with van der Waals surface area (Å²) >= 11 is 5.91. The van der Waals surface area contributed by atoms with Crippen LogP contribution in [0.4, 0.5) is 17.1 Å². The van der Waals surface area contributed by atoms with Crippen molar-refractivity contribution in [1.82, 2.24) is 0 Å². The van der Waals surface area contributed by atoms with Crippen LogP contribution in [0.1, 0.15) is 36.7 Å². The molecule has 0 atom stereocenters. The Labute approximate surface area is 144 Å². The van der Waals surface area contributed by atoms with Gasteiger partial charge in [0.1, 0.15) is 11.3 Å². The van der Waals surface area contributed by atoms with Crippen LogP contribution < -0.4 is 5.32 Å². The molecule has 0 amide bonds. The van der Waals surface area contributed by atoms with Crippen molar-refractivity contribution in [3.8, 4) is 0 Å². The highest BCUT2D eigenvalue weighted by Gasteiger charge is 2.25. The van der Waals surface area contributed by atoms with Gasteiger partial charge in [-0.05, 0) is 29.2 Å². The highest BCUT2D eigenvalue weighted by molar-refractivity contribution is 6.34. The molecule has 0 aromatic heterocycles. The fourth-order valence-corrected chi connectivity index (χ4v) is 2.49. The SMILES string of the molecule is CC(C)(C)c1ccc(Nc2c([N+](=O)[O-])ccc(Cl)c2C(=O)O)cc1. The number of carboxylic acid groups (broad SMARTS) is 1. The number of benzene rings is 2. The van der Waals surface area contributed by atoms with Gasteiger partial charge in [0.25, 0.3) is 5.69 Å². The molecule has 0 fully saturated rings. The predicted molar refractivity (Wildman–Crippen MR) is 93.5 cm³/mol. The highest BCUT2D eigenvalue weighted by Crippen LogP contribution is 2.36. The lowest BCUT2D eigenvalue weighted by Gasteiger charge is -2.19. The summed E-state index contributed by atoms with van der Waals surface area (Å²) in [5, 5.41) is 23.3. The lowest BCUT2D eigenvalue weighted by Crippen LogP contribution is -2.11. The van der Waals surface area contributed by atoms with Gasteiger partial charge in [-0.25, -0.2) is 4.79 Å². The van der Waals surface area contributed by atoms with E-state index in [0.717, 1.165) is 5.56 Å². The molecule has 6 nitrogen and oxygen atoms in total. The normalized spacial score (nSPS) is 11.2. The van der Waals surface area contributed by atoms with Crippen molar-refractivity contribution in [3.63, 3.8) is 0 Å². The van der Waals surface area contributed by atoms with E-state index < -0.39 is 10.9 Å². The third-order valence-corrected chi connectivity index (χ3v) is 3.88. The second-order valence-electron chi connectivity index (χ2n) is 6.33. The van der Waals surface area contributed by atoms with Gasteiger partial charge in [0.15, 0.2) is 0 Å². The average Bonchev–Trinajstić information content (AvgIpc) is 2.46. The number of nitrogens with one attached hydrogen (secondary N) is 1. The van der Waals surface area contributed by atoms with Crippen molar-refractivity contribution >= 4 is 34.6 Å². The molecule has 2 rings (SSSR count). The number of anilines is 2. The average molecular weight is 349 g/mol. The molecule has 126 valence electrons. The molecule has 0 saturated heterocycles. The van der Waals surface area contributed by atoms with Gasteiger partial charge < -0.3 is 10.4 Å². The van der Waals surface area contributed by atoms with E-state index in [0.29, 0.717) is 5.69 Å². The molecular formula is C17H17ClN2O4. The molecule has 0 aliphatic rings. The Bertz CT molecular complexity index is 795. The maximum absolute atomic E-state index is 11.4. The van der Waals surface area contributed by atoms with Crippen LogP contribution in [-0.4, -0.2) is 16.0 Å². The molecule has 0 aliphatic carbocycles. The van der Waals surface area contributed by atoms with E-state index in [1.54, 1.807) is 12.1 Å². The zero-order valence-corrected chi connectivity index (χ0v) is 14.2. The van der Waals surface area contributed by atoms with Gasteiger partial charge in [-0.15, -0.1) is 0 Å². The lowest BCUT2D eigenvalue weighted by molar-refractivity contribution is -0.383. The lowest BCUT2D eigenvalue weighted by atomic mass is 9.87. The summed E-state index contributed by atoms with van der Waals surface area (Å²) < 4.78 is 0. The molecule has 24 heavy (non-hydrogen) atoms. The van der Waals surface area contributed by atoms with Crippen molar-refractivity contribution in [2.24, 2.45) is 0 Å². The number of nitro benzene ring substituents is 1. The quantitative estimate of drug-likeness (QED) is 0.600. The molecule has 0 unspecified atom stereocenters. The fourth-order valence-electron chi connectivity index (χ4n) is 2.25. The largest absolute Gasteiger partial charge is 0.478 e. The molecular weight excluding hydrogens is 332 g/mol. The summed E-state index contributed by atoms with van der Waals surface area (Å²) in [7, 11) is 0. The minimum absolute atomic E-state index is 0.0349. The molecule has 2 aromatic carbocycles. The van der Waals surface area contributed by atoms with E-state index in [-0.39, 0.29) is 27.4 Å². The molecule has 7 heteroatoms. The van der Waals surface area contributed by atoms with E-state index in [2.05, 4.69) is 26.1 Å². The van der Waals surface area contributed by atoms with Crippen LogP contribution in [0.15, 0.2) is 36.4 Å². The van der Waals surface area contributed by atoms with E-state index in [9.17, 15) is 20.0 Å². The van der Waals surface area contributed by atoms with Crippen molar-refractivity contribution < 1.29 is 14.8 Å². The van der Waals surface area contributed by atoms with Gasteiger partial charge in [-0.3, -0.25) is 10.1 Å². The molecule has 0 saturated carbocycles. The first-order valence-electron chi connectivity index (χ1n) is 7.19. The van der Waals surface area contributed by atoms with Crippen LogP contribution in [-0.2, 0) is 5.41 Å². The van der Waals surface area contributed by atoms with E-state index in [1.807, 2.05) is 12.1 Å². The maximum Gasteiger partial charge on any atom is 0.339 e. The summed E-state index contributed by atoms with van der Waals surface area (Å²) in [5.41, 5.74) is 0.779. The van der Waals surface area contributed by atoms with Gasteiger partial charge in [0.2, 0.25) is 0 Å². The molecule has 0 radical (unpaired) electrons. The second kappa shape index (κ2) is 6.49. The predicted octanol–water partition coefficient (Wildman–Crippen LogP) is 4.99. The Morgan fingerprint density at radius 3 is 2.21 bits per heavy atom. The number of carboxylic acids is 1. The molecule has 0 heterocycles. The van der Waals surface area contributed by atoms with Crippen molar-refractivity contribution in [2.75, 3.05) is 5.32 Å². The van der Waals surface area contributed by atoms with Gasteiger partial charge in [0, 0.05) is 11.8 Å². The van der Waals surface area contributed by atoms with Gasteiger partial charge >= 0.3 is 5.97 Å². The number of aromatic carboxylic acids is 1. The molecule has 0 aliphatic heterocycles. The first-order valence-corrected chi connectivity index (χ1v) is 7.57. The van der Waals surface area contributed by atoms with Crippen LogP contribution >= 0.6 is 11.6 Å². The maximum atomic E-state index is 11.4. The van der Waals surface area contributed by atoms with Crippen LogP contribution in [0.3, 0.4) is 0 Å². The minimum atomic E-state index is -1.34. The summed E-state index contributed by atoms with van der Waals surface area (Å²) in [4.78, 5) is 22.0. The molecule has 2 N–H and O–H groups in total. The first kappa shape index (κ1) is 17.7. The smallest absolute Gasteiger partial charge is 0.339 e. The van der Waals surface area contributed by atoms with E-state index in [4.69, 9.17) is 11.6 Å². The second-order valence-corrected chi connectivity index (χ2v) is 6.74. The van der Waals surface area contributed by atoms with Gasteiger partial charge in [-0.2, -0.15) is 0 Å². The number of nitro groups is 1. The van der Waals surface area contributed by atoms with Gasteiger partial charge in [-0.1, -0.05) is 44.5 Å². The Kier molecular flexibility index (Phi) is 4.80. The third kappa shape index (κ3) is 3.65. The number of rotatable bonds is 4. The van der Waals surface area contributed by atoms with Gasteiger partial charge in [0.05, 0.1) is 9.95 Å². The van der Waals surface area contributed by atoms with Crippen LogP contribution in [0.5, 0.6) is 0 Å². The monoisotopic (exact) mass is 348 g/mol. The molecule has 0 spiro atoms. The number of hydrogen-bond acceptors (Lipinski definition) is 4. The highest BCUT2D eigenvalue weighted by atomic mass is 35.5. The molecule has 0 bridgehead atoms. The number of hydrogen-bond donors (Lipinski definition) is 2. The summed E-state index contributed by atoms with van der Waals surface area (Å²) in [6.07, 6.45) is 0. The van der Waals surface area contributed by atoms with E-state index in [1.165, 1.54) is 12.1 Å². The Morgan fingerprint density at radius 1 is 1.17 bits per heavy atom. The number of carbonyl (C=O) groups is 1. The first-order chi connectivity index (χ1) is 11.1. The Morgan fingerprint density at radius 2 is 1.75 bits per heavy atom. The number of nitrogens with zero attached hydrogens (tertiary/aromatic N) is 1. The zero-order valence-electron chi connectivity index (χ0n) is 13.5. The standard InChI is InChI=1S/C17H17ClN2O4/c1-17(2,3)10-4-6-11(7-5-10)19-15-13(20(23)24)9-8-12(18)14(15)16(21)22/h4-9,19H,1-3H3,(H,21,22). The van der Waals surface area contributed by atoms with Crippen LogP contribution in [0, 0.1) is 10.1 Å². The topological polar surface area (TPSA) is 92.5 Å².